The van der Waals surface area contributed by atoms with Gasteiger partial charge in [-0.05, 0) is 25.1 Å². The molecular weight excluding hydrogens is 560 g/mol. The summed E-state index contributed by atoms with van der Waals surface area (Å²) in [4.78, 5) is 17.0. The minimum absolute atomic E-state index is 0.0153. The topological polar surface area (TPSA) is 117 Å². The molecule has 0 amide bonds. The first-order chi connectivity index (χ1) is 18.1. The number of benzene rings is 2. The molecule has 0 spiro atoms. The van der Waals surface area contributed by atoms with Crippen molar-refractivity contribution in [1.29, 1.82) is 0 Å². The summed E-state index contributed by atoms with van der Waals surface area (Å²) in [5.41, 5.74) is 0.422. The fourth-order valence-electron chi connectivity index (χ4n) is 2.96. The Labute approximate surface area is 219 Å². The minimum Gasteiger partial charge on any atom is -0.497 e. The summed E-state index contributed by atoms with van der Waals surface area (Å²) in [6.45, 7) is 2.32. The molecule has 1 unspecified atom stereocenters. The minimum atomic E-state index is -4.64. The molecule has 39 heavy (non-hydrogen) atoms. The summed E-state index contributed by atoms with van der Waals surface area (Å²) in [5, 5.41) is 3.31. The first-order valence-electron chi connectivity index (χ1n) is 10.8. The van der Waals surface area contributed by atoms with Crippen molar-refractivity contribution < 1.29 is 53.8 Å². The largest absolute Gasteiger partial charge is 0.497 e. The van der Waals surface area contributed by atoms with Crippen LogP contribution in [0.25, 0.3) is 10.9 Å². The Bertz CT molecular complexity index is 1410. The van der Waals surface area contributed by atoms with Crippen LogP contribution in [0.4, 0.5) is 37.8 Å². The van der Waals surface area contributed by atoms with Crippen molar-refractivity contribution >= 4 is 38.5 Å². The van der Waals surface area contributed by atoms with Crippen molar-refractivity contribution in [3.8, 4) is 17.2 Å². The summed E-state index contributed by atoms with van der Waals surface area (Å²) in [5.74, 6) is 0.610. The highest BCUT2D eigenvalue weighted by Crippen LogP contribution is 2.38. The van der Waals surface area contributed by atoms with Crippen LogP contribution in [-0.4, -0.2) is 63.1 Å². The molecule has 0 fully saturated rings. The first kappa shape index (κ1) is 31.4. The number of fused-ring (bicyclic) bond motifs is 1. The van der Waals surface area contributed by atoms with Crippen molar-refractivity contribution in [3.05, 3.63) is 36.7 Å². The average Bonchev–Trinajstić information content (AvgIpc) is 2.88. The van der Waals surface area contributed by atoms with E-state index in [4.69, 9.17) is 19.0 Å². The van der Waals surface area contributed by atoms with E-state index in [2.05, 4.69) is 15.3 Å². The molecule has 2 aromatic carbocycles. The highest BCUT2D eigenvalue weighted by atomic mass is 32.2. The van der Waals surface area contributed by atoms with Gasteiger partial charge < -0.3 is 19.5 Å². The molecule has 16 heteroatoms. The van der Waals surface area contributed by atoms with Gasteiger partial charge in [0.05, 0.1) is 41.5 Å². The second-order valence-electron chi connectivity index (χ2n) is 7.59. The number of alkyl halides is 6. The standard InChI is InChI=1S/C21H22F3N3O5S.C2HF3O/c1-5-33(28,29)14-6-7-17(32-12(2)21(22,23)24)15(10-14)27-20-19-16(25-11-26-20)8-13(30-3)9-18(19)31-4;3-2(4,5)1-6/h6-12H,5H2,1-4H3,(H,25,26,27);1H. The normalized spacial score (nSPS) is 12.7. The van der Waals surface area contributed by atoms with Gasteiger partial charge in [-0.15, -0.1) is 0 Å². The molecule has 0 aliphatic carbocycles. The van der Waals surface area contributed by atoms with E-state index in [0.717, 1.165) is 6.92 Å². The van der Waals surface area contributed by atoms with Crippen LogP contribution < -0.4 is 19.5 Å². The zero-order chi connectivity index (χ0) is 29.6. The number of anilines is 2. The number of aromatic nitrogens is 2. The van der Waals surface area contributed by atoms with E-state index in [1.54, 1.807) is 12.1 Å². The quantitative estimate of drug-likeness (QED) is 0.280. The second-order valence-corrected chi connectivity index (χ2v) is 9.87. The van der Waals surface area contributed by atoms with E-state index in [-0.39, 0.29) is 27.9 Å². The number of halogens is 6. The Morgan fingerprint density at radius 1 is 1.00 bits per heavy atom. The van der Waals surface area contributed by atoms with E-state index in [1.807, 2.05) is 0 Å². The fraction of sp³-hybridized carbons (Fsp3) is 0.348. The number of aldehydes is 1. The highest BCUT2D eigenvalue weighted by Gasteiger charge is 2.38. The van der Waals surface area contributed by atoms with Crippen LogP contribution in [0.2, 0.25) is 0 Å². The van der Waals surface area contributed by atoms with Crippen molar-refractivity contribution in [2.45, 2.75) is 37.2 Å². The van der Waals surface area contributed by atoms with Gasteiger partial charge in [0.2, 0.25) is 6.29 Å². The summed E-state index contributed by atoms with van der Waals surface area (Å²) < 4.78 is 111. The molecule has 9 nitrogen and oxygen atoms in total. The molecule has 3 aromatic rings. The van der Waals surface area contributed by atoms with Crippen LogP contribution in [-0.2, 0) is 14.6 Å². The monoisotopic (exact) mass is 583 g/mol. The molecule has 0 aliphatic rings. The maximum Gasteiger partial charge on any atom is 0.446 e. The number of methoxy groups -OCH3 is 2. The van der Waals surface area contributed by atoms with Gasteiger partial charge in [0.25, 0.3) is 0 Å². The van der Waals surface area contributed by atoms with Crippen LogP contribution in [0, 0.1) is 0 Å². The molecule has 0 aliphatic heterocycles. The number of ether oxygens (including phenoxy) is 3. The van der Waals surface area contributed by atoms with Gasteiger partial charge in [0.15, 0.2) is 15.9 Å². The predicted octanol–water partition coefficient (Wildman–Crippen LogP) is 5.26. The number of carbonyl (C=O) groups is 1. The maximum atomic E-state index is 13.1. The Balaban J connectivity index is 0.000000798. The highest BCUT2D eigenvalue weighted by molar-refractivity contribution is 7.91. The Kier molecular flexibility index (Phi) is 9.95. The van der Waals surface area contributed by atoms with Gasteiger partial charge in [-0.2, -0.15) is 26.3 Å². The molecule has 0 saturated carbocycles. The zero-order valence-corrected chi connectivity index (χ0v) is 21.7. The lowest BCUT2D eigenvalue weighted by Gasteiger charge is -2.21. The number of hydrogen-bond donors (Lipinski definition) is 1. The van der Waals surface area contributed by atoms with Gasteiger partial charge in [0, 0.05) is 12.1 Å². The molecule has 1 heterocycles. The number of nitrogens with one attached hydrogen (secondary N) is 1. The second kappa shape index (κ2) is 12.4. The zero-order valence-electron chi connectivity index (χ0n) is 20.8. The maximum absolute atomic E-state index is 13.1. The first-order valence-corrected chi connectivity index (χ1v) is 12.5. The Morgan fingerprint density at radius 3 is 2.15 bits per heavy atom. The lowest BCUT2D eigenvalue weighted by Crippen LogP contribution is -2.31. The summed E-state index contributed by atoms with van der Waals surface area (Å²) in [7, 11) is -0.735. The smallest absolute Gasteiger partial charge is 0.446 e. The van der Waals surface area contributed by atoms with Gasteiger partial charge in [-0.3, -0.25) is 4.79 Å². The van der Waals surface area contributed by atoms with E-state index in [1.165, 1.54) is 45.7 Å². The van der Waals surface area contributed by atoms with Crippen LogP contribution in [0.15, 0.2) is 41.6 Å². The Hall–Kier alpha value is -3.82. The van der Waals surface area contributed by atoms with Crippen LogP contribution in [0.3, 0.4) is 0 Å². The molecule has 0 bridgehead atoms. The fourth-order valence-corrected chi connectivity index (χ4v) is 3.86. The average molecular weight is 584 g/mol. The Morgan fingerprint density at radius 2 is 1.64 bits per heavy atom. The molecule has 214 valence electrons. The molecule has 1 N–H and O–H groups in total. The number of hydrogen-bond acceptors (Lipinski definition) is 9. The lowest BCUT2D eigenvalue weighted by molar-refractivity contribution is -0.189. The lowest BCUT2D eigenvalue weighted by atomic mass is 10.2. The van der Waals surface area contributed by atoms with Crippen molar-refractivity contribution in [3.63, 3.8) is 0 Å². The number of nitrogens with zero attached hydrogens (tertiary/aromatic N) is 2. The van der Waals surface area contributed by atoms with Gasteiger partial charge in [0.1, 0.15) is 29.4 Å². The molecule has 1 aromatic heterocycles. The number of sulfone groups is 1. The van der Waals surface area contributed by atoms with Crippen molar-refractivity contribution in [1.82, 2.24) is 9.97 Å². The van der Waals surface area contributed by atoms with Gasteiger partial charge in [-0.25, -0.2) is 18.4 Å². The third-order valence-corrected chi connectivity index (χ3v) is 6.70. The van der Waals surface area contributed by atoms with E-state index in [9.17, 15) is 34.8 Å². The van der Waals surface area contributed by atoms with E-state index >= 15 is 0 Å². The van der Waals surface area contributed by atoms with Crippen LogP contribution in [0.1, 0.15) is 13.8 Å². The van der Waals surface area contributed by atoms with E-state index in [0.29, 0.717) is 22.4 Å². The third-order valence-electron chi connectivity index (χ3n) is 4.97. The molecule has 0 saturated heterocycles. The van der Waals surface area contributed by atoms with Crippen LogP contribution in [0.5, 0.6) is 17.2 Å². The number of rotatable bonds is 8. The van der Waals surface area contributed by atoms with E-state index < -0.39 is 34.6 Å². The van der Waals surface area contributed by atoms with Crippen molar-refractivity contribution in [2.75, 3.05) is 25.3 Å². The van der Waals surface area contributed by atoms with Crippen LogP contribution >= 0.6 is 0 Å². The number of carbonyl (C=O) groups excluding carboxylic acids is 1. The summed E-state index contributed by atoms with van der Waals surface area (Å²) in [6.07, 6.45) is -11.2. The summed E-state index contributed by atoms with van der Waals surface area (Å²) >= 11 is 0. The summed E-state index contributed by atoms with van der Waals surface area (Å²) in [6, 6.07) is 6.81. The SMILES string of the molecule is CCS(=O)(=O)c1ccc(OC(C)C(F)(F)F)c(Nc2ncnc3cc(OC)cc(OC)c23)c1.O=CC(F)(F)F. The molecular formula is C23H23F6N3O6S. The van der Waals surface area contributed by atoms with Crippen molar-refractivity contribution in [2.24, 2.45) is 0 Å². The molecule has 3 rings (SSSR count). The third kappa shape index (κ3) is 8.33. The van der Waals surface area contributed by atoms with Gasteiger partial charge in [-0.1, -0.05) is 6.92 Å². The molecule has 0 radical (unpaired) electrons. The van der Waals surface area contributed by atoms with Gasteiger partial charge >= 0.3 is 12.4 Å². The molecule has 1 atom stereocenters. The predicted molar refractivity (Wildman–Crippen MR) is 128 cm³/mol.